The maximum absolute atomic E-state index is 3.61. The van der Waals surface area contributed by atoms with Crippen LogP contribution in [0.2, 0.25) is 0 Å². The van der Waals surface area contributed by atoms with Gasteiger partial charge in [0.25, 0.3) is 0 Å². The number of rotatable bonds is 2. The molecular weight excluding hydrogens is 64.0 g/mol. The van der Waals surface area contributed by atoms with Gasteiger partial charge in [-0.25, -0.2) is 0 Å². The Hall–Kier alpha value is -0.0800. The molecule has 0 spiro atoms. The first-order valence-electron chi connectivity index (χ1n) is 1.85. The normalized spacial score (nSPS) is 8.40. The van der Waals surface area contributed by atoms with Crippen LogP contribution in [-0.2, 0) is 0 Å². The van der Waals surface area contributed by atoms with Gasteiger partial charge in [0.1, 0.15) is 13.6 Å². The summed E-state index contributed by atoms with van der Waals surface area (Å²) in [5.41, 5.74) is 3.61. The molecule has 0 bridgehead atoms. The molecule has 0 unspecified atom stereocenters. The zero-order valence-corrected chi connectivity index (χ0v) is 3.62. The lowest BCUT2D eigenvalue weighted by Crippen LogP contribution is -2.84. The van der Waals surface area contributed by atoms with Crippen LogP contribution in [0.5, 0.6) is 0 Å². The lowest BCUT2D eigenvalue weighted by atomic mass is 10.7. The Morgan fingerprint density at radius 1 is 1.80 bits per heavy atom. The molecule has 0 aromatic carbocycles. The number of nitrogens with one attached hydrogen (secondary N) is 1. The molecule has 0 aliphatic heterocycles. The van der Waals surface area contributed by atoms with Crippen molar-refractivity contribution in [1.82, 2.24) is 0 Å². The topological polar surface area (TPSA) is 43.2 Å². The van der Waals surface area contributed by atoms with Gasteiger partial charge in [0.15, 0.2) is 6.54 Å². The summed E-state index contributed by atoms with van der Waals surface area (Å²) in [6.45, 7) is 2.01. The Morgan fingerprint density at radius 2 is 2.40 bits per heavy atom. The Morgan fingerprint density at radius 3 is 2.40 bits per heavy atom. The van der Waals surface area contributed by atoms with E-state index < -0.39 is 0 Å². The fourth-order valence-electron chi connectivity index (χ4n) is 0.177. The maximum atomic E-state index is 3.61. The molecule has 31 valence electrons. The van der Waals surface area contributed by atoms with E-state index in [1.807, 2.05) is 7.05 Å². The second-order valence-electron chi connectivity index (χ2n) is 0.957. The smallest absolute Gasteiger partial charge is 0.169 e. The van der Waals surface area contributed by atoms with E-state index in [0.29, 0.717) is 0 Å². The third-order valence-electron chi connectivity index (χ3n) is 0.427. The number of hydrogen-bond acceptors (Lipinski definition) is 1. The van der Waals surface area contributed by atoms with E-state index in [-0.39, 0.29) is 0 Å². The minimum absolute atomic E-state index is 0.983. The van der Waals surface area contributed by atoms with Gasteiger partial charge in [-0.05, 0) is 0 Å². The van der Waals surface area contributed by atoms with Crippen LogP contribution in [0, 0.1) is 0 Å². The number of quaternary nitrogens is 1. The van der Waals surface area contributed by atoms with E-state index in [4.69, 9.17) is 0 Å². The molecule has 0 heterocycles. The Labute approximate surface area is 32.4 Å². The summed E-state index contributed by atoms with van der Waals surface area (Å²) in [6, 6.07) is 0. The lowest BCUT2D eigenvalue weighted by molar-refractivity contribution is -0.644. The van der Waals surface area contributed by atoms with Gasteiger partial charge in [-0.2, -0.15) is 5.32 Å². The monoisotopic (exact) mass is 75.1 g/mol. The van der Waals surface area contributed by atoms with Gasteiger partial charge in [0, 0.05) is 0 Å². The summed E-state index contributed by atoms with van der Waals surface area (Å²) >= 11 is 0. The minimum Gasteiger partial charge on any atom is -0.353 e. The van der Waals surface area contributed by atoms with Gasteiger partial charge in [-0.1, -0.05) is 0 Å². The van der Waals surface area contributed by atoms with Crippen LogP contribution in [0.4, 0.5) is 0 Å². The summed E-state index contributed by atoms with van der Waals surface area (Å²) in [7, 11) is 1.92. The third-order valence-corrected chi connectivity index (χ3v) is 0.427. The van der Waals surface area contributed by atoms with Crippen LogP contribution in [0.25, 0.3) is 0 Å². The average molecular weight is 75.1 g/mol. The molecule has 1 radical (unpaired) electrons. The van der Waals surface area contributed by atoms with Crippen LogP contribution >= 0.6 is 0 Å². The third kappa shape index (κ3) is 3.92. The van der Waals surface area contributed by atoms with E-state index >= 15 is 0 Å². The van der Waals surface area contributed by atoms with Crippen molar-refractivity contribution in [1.29, 1.82) is 0 Å². The molecule has 5 heavy (non-hydrogen) atoms. The first-order chi connectivity index (χ1) is 2.41. The zero-order valence-electron chi connectivity index (χ0n) is 3.62. The number of likely N-dealkylation sites (N-methyl/N-ethyl adjacent to an activating group) is 1. The zero-order chi connectivity index (χ0) is 4.12. The summed E-state index contributed by atoms with van der Waals surface area (Å²) in [4.78, 5) is 0. The van der Waals surface area contributed by atoms with Gasteiger partial charge < -0.3 is 5.73 Å². The summed E-state index contributed by atoms with van der Waals surface area (Å²) in [6.07, 6.45) is 0. The van der Waals surface area contributed by atoms with E-state index in [0.717, 1.165) is 13.1 Å². The van der Waals surface area contributed by atoms with Crippen molar-refractivity contribution in [3.63, 3.8) is 0 Å². The van der Waals surface area contributed by atoms with Crippen LogP contribution in [0.15, 0.2) is 0 Å². The Bertz CT molecular complexity index is 12.4. The highest BCUT2D eigenvalue weighted by molar-refractivity contribution is 4.03. The molecular formula is C3H11N2+2. The van der Waals surface area contributed by atoms with Crippen molar-refractivity contribution in [2.75, 3.05) is 20.1 Å². The Balaban J connectivity index is 2.19. The SMILES string of the molecule is C[NH+]CC[NH3+]. The van der Waals surface area contributed by atoms with Crippen molar-refractivity contribution in [2.24, 2.45) is 0 Å². The second-order valence-corrected chi connectivity index (χ2v) is 0.957. The number of hydrogen-bond donors (Lipinski definition) is 2. The Kier molecular flexibility index (Phi) is 3.86. The molecule has 0 aliphatic rings. The van der Waals surface area contributed by atoms with Gasteiger partial charge in [-0.15, -0.1) is 0 Å². The highest BCUT2D eigenvalue weighted by atomic mass is 14.8. The predicted octanol–water partition coefficient (Wildman–Crippen LogP) is -2.79. The van der Waals surface area contributed by atoms with Crippen LogP contribution < -0.4 is 11.1 Å². The fourth-order valence-corrected chi connectivity index (χ4v) is 0.177. The van der Waals surface area contributed by atoms with E-state index in [1.54, 1.807) is 0 Å². The standard InChI is InChI=1S/C3H10N2/c1-5-3-2-4/h5H,2-4H2,1H3/q+1/p+1. The average Bonchev–Trinajstić information content (AvgIpc) is 1.41. The molecule has 0 aromatic rings. The van der Waals surface area contributed by atoms with Crippen molar-refractivity contribution < 1.29 is 11.1 Å². The first-order valence-corrected chi connectivity index (χ1v) is 1.85. The minimum atomic E-state index is 0.983. The predicted molar refractivity (Wildman–Crippen MR) is 19.5 cm³/mol. The first kappa shape index (κ1) is 4.92. The molecule has 4 N–H and O–H groups in total. The molecule has 0 saturated carbocycles. The molecule has 0 aromatic heterocycles. The highest BCUT2D eigenvalue weighted by Crippen LogP contribution is 1.17. The largest absolute Gasteiger partial charge is 0.353 e. The van der Waals surface area contributed by atoms with Crippen LogP contribution in [-0.4, -0.2) is 20.1 Å². The molecule has 2 heteroatoms. The van der Waals surface area contributed by atoms with Crippen molar-refractivity contribution in [2.45, 2.75) is 0 Å². The van der Waals surface area contributed by atoms with Crippen molar-refractivity contribution in [3.05, 3.63) is 0 Å². The molecule has 0 rings (SSSR count). The van der Waals surface area contributed by atoms with E-state index in [2.05, 4.69) is 11.1 Å². The van der Waals surface area contributed by atoms with Crippen molar-refractivity contribution >= 4 is 0 Å². The summed E-state index contributed by atoms with van der Waals surface area (Å²) in [5.74, 6) is 0. The summed E-state index contributed by atoms with van der Waals surface area (Å²) < 4.78 is 0. The van der Waals surface area contributed by atoms with Crippen LogP contribution in [0.1, 0.15) is 0 Å². The lowest BCUT2D eigenvalue weighted by Gasteiger charge is -1.72. The van der Waals surface area contributed by atoms with Crippen molar-refractivity contribution in [3.8, 4) is 0 Å². The molecule has 0 aliphatic carbocycles. The molecule has 0 saturated heterocycles. The van der Waals surface area contributed by atoms with Gasteiger partial charge in [0.05, 0.1) is 0 Å². The van der Waals surface area contributed by atoms with Gasteiger partial charge in [0.2, 0.25) is 0 Å². The molecule has 0 atom stereocenters. The highest BCUT2D eigenvalue weighted by Gasteiger charge is 1.77. The van der Waals surface area contributed by atoms with E-state index in [1.165, 1.54) is 0 Å². The van der Waals surface area contributed by atoms with E-state index in [9.17, 15) is 0 Å². The van der Waals surface area contributed by atoms with Crippen LogP contribution in [0.3, 0.4) is 0 Å². The molecule has 0 amide bonds. The quantitative estimate of drug-likeness (QED) is 0.356. The summed E-state index contributed by atoms with van der Waals surface area (Å²) in [5, 5.41) is 2.95. The molecule has 2 nitrogen and oxygen atoms in total. The fraction of sp³-hybridized carbons (Fsp3) is 1.00. The van der Waals surface area contributed by atoms with Gasteiger partial charge >= 0.3 is 0 Å². The van der Waals surface area contributed by atoms with Gasteiger partial charge in [-0.3, -0.25) is 0 Å². The molecule has 0 fully saturated rings. The maximum Gasteiger partial charge on any atom is 0.169 e. The second kappa shape index (κ2) is 3.92.